The highest BCUT2D eigenvalue weighted by Gasteiger charge is 2.39. The molecule has 3 rings (SSSR count). The second kappa shape index (κ2) is 6.61. The molecule has 0 bridgehead atoms. The summed E-state index contributed by atoms with van der Waals surface area (Å²) in [5.41, 5.74) is 3.96. The van der Waals surface area contributed by atoms with Crippen molar-refractivity contribution in [2.45, 2.75) is 51.6 Å². The molecular formula is C20H25NO2. The predicted molar refractivity (Wildman–Crippen MR) is 92.3 cm³/mol. The Kier molecular flexibility index (Phi) is 4.56. The molecule has 1 aliphatic rings. The van der Waals surface area contributed by atoms with Crippen LogP contribution in [0.25, 0.3) is 0 Å². The van der Waals surface area contributed by atoms with Crippen LogP contribution in [0, 0.1) is 0 Å². The van der Waals surface area contributed by atoms with Crippen molar-refractivity contribution < 1.29 is 9.47 Å². The lowest BCUT2D eigenvalue weighted by molar-refractivity contribution is 0.0828. The van der Waals surface area contributed by atoms with E-state index in [2.05, 4.69) is 37.0 Å². The number of rotatable bonds is 6. The van der Waals surface area contributed by atoms with Crippen molar-refractivity contribution in [3.8, 4) is 11.5 Å². The van der Waals surface area contributed by atoms with Crippen molar-refractivity contribution in [3.63, 3.8) is 0 Å². The van der Waals surface area contributed by atoms with Gasteiger partial charge >= 0.3 is 0 Å². The Labute approximate surface area is 138 Å². The van der Waals surface area contributed by atoms with Crippen LogP contribution in [0.3, 0.4) is 0 Å². The summed E-state index contributed by atoms with van der Waals surface area (Å²) < 4.78 is 11.9. The average molecular weight is 311 g/mol. The van der Waals surface area contributed by atoms with E-state index in [-0.39, 0.29) is 5.60 Å². The Morgan fingerprint density at radius 2 is 1.83 bits per heavy atom. The van der Waals surface area contributed by atoms with E-state index in [0.717, 1.165) is 43.6 Å². The smallest absolute Gasteiger partial charge is 0.165 e. The van der Waals surface area contributed by atoms with Gasteiger partial charge in [-0.3, -0.25) is 4.98 Å². The number of pyridine rings is 1. The molecule has 0 amide bonds. The van der Waals surface area contributed by atoms with Crippen LogP contribution in [0.1, 0.15) is 43.4 Å². The van der Waals surface area contributed by atoms with E-state index in [1.165, 1.54) is 16.7 Å². The summed E-state index contributed by atoms with van der Waals surface area (Å²) >= 11 is 0. The zero-order valence-corrected chi connectivity index (χ0v) is 14.3. The van der Waals surface area contributed by atoms with Gasteiger partial charge in [-0.05, 0) is 55.0 Å². The molecule has 23 heavy (non-hydrogen) atoms. The van der Waals surface area contributed by atoms with Crippen molar-refractivity contribution in [1.82, 2.24) is 4.98 Å². The lowest BCUT2D eigenvalue weighted by Gasteiger charge is -2.25. The van der Waals surface area contributed by atoms with E-state index >= 15 is 0 Å². The number of hydrogen-bond donors (Lipinski definition) is 0. The fraction of sp³-hybridized carbons (Fsp3) is 0.450. The highest BCUT2D eigenvalue weighted by Crippen LogP contribution is 2.46. The highest BCUT2D eigenvalue weighted by molar-refractivity contribution is 5.54. The predicted octanol–water partition coefficient (Wildman–Crippen LogP) is 4.37. The number of benzene rings is 1. The Morgan fingerprint density at radius 3 is 2.48 bits per heavy atom. The van der Waals surface area contributed by atoms with Gasteiger partial charge in [0.2, 0.25) is 0 Å². The van der Waals surface area contributed by atoms with Crippen molar-refractivity contribution in [2.24, 2.45) is 0 Å². The van der Waals surface area contributed by atoms with E-state index in [1.807, 2.05) is 18.5 Å². The number of hydrogen-bond acceptors (Lipinski definition) is 3. The molecule has 3 heteroatoms. The standard InChI is InChI=1S/C20H25NO2/c1-4-20(5-2)14-17-16(7-6-15-10-12-21-13-11-15)8-9-18(22-3)19(17)23-20/h8-13H,4-7,14H2,1-3H3. The van der Waals surface area contributed by atoms with E-state index in [4.69, 9.17) is 9.47 Å². The van der Waals surface area contributed by atoms with Gasteiger partial charge in [0.05, 0.1) is 7.11 Å². The van der Waals surface area contributed by atoms with Crippen LogP contribution in [-0.4, -0.2) is 17.7 Å². The van der Waals surface area contributed by atoms with Crippen molar-refractivity contribution in [1.29, 1.82) is 0 Å². The minimum atomic E-state index is -0.0671. The molecule has 0 radical (unpaired) electrons. The first-order chi connectivity index (χ1) is 11.2. The van der Waals surface area contributed by atoms with Crippen LogP contribution >= 0.6 is 0 Å². The Hall–Kier alpha value is -2.03. The summed E-state index contributed by atoms with van der Waals surface area (Å²) in [6, 6.07) is 8.41. The third-order valence-corrected chi connectivity index (χ3v) is 5.08. The van der Waals surface area contributed by atoms with Gasteiger partial charge < -0.3 is 9.47 Å². The van der Waals surface area contributed by atoms with Gasteiger partial charge in [-0.25, -0.2) is 0 Å². The van der Waals surface area contributed by atoms with Crippen LogP contribution in [-0.2, 0) is 19.3 Å². The fourth-order valence-electron chi connectivity index (χ4n) is 3.40. The van der Waals surface area contributed by atoms with Gasteiger partial charge in [-0.1, -0.05) is 19.9 Å². The summed E-state index contributed by atoms with van der Waals surface area (Å²) in [4.78, 5) is 4.09. The first-order valence-corrected chi connectivity index (χ1v) is 8.48. The zero-order chi connectivity index (χ0) is 16.3. The lowest BCUT2D eigenvalue weighted by Crippen LogP contribution is -2.32. The molecule has 1 aliphatic heterocycles. The third kappa shape index (κ3) is 3.05. The summed E-state index contributed by atoms with van der Waals surface area (Å²) in [6.45, 7) is 4.41. The first kappa shape index (κ1) is 15.9. The summed E-state index contributed by atoms with van der Waals surface area (Å²) in [5.74, 6) is 1.82. The Balaban J connectivity index is 1.88. The second-order valence-corrected chi connectivity index (χ2v) is 6.26. The van der Waals surface area contributed by atoms with Gasteiger partial charge in [0.1, 0.15) is 5.60 Å². The molecule has 122 valence electrons. The molecule has 1 aromatic carbocycles. The maximum absolute atomic E-state index is 6.37. The molecule has 2 heterocycles. The molecular weight excluding hydrogens is 286 g/mol. The quantitative estimate of drug-likeness (QED) is 0.794. The van der Waals surface area contributed by atoms with Crippen molar-refractivity contribution in [3.05, 3.63) is 53.3 Å². The SMILES string of the molecule is CCC1(CC)Cc2c(CCc3ccncc3)ccc(OC)c2O1. The Morgan fingerprint density at radius 1 is 1.09 bits per heavy atom. The van der Waals surface area contributed by atoms with E-state index in [9.17, 15) is 0 Å². The maximum Gasteiger partial charge on any atom is 0.165 e. The first-order valence-electron chi connectivity index (χ1n) is 8.48. The van der Waals surface area contributed by atoms with Crippen LogP contribution in [0.4, 0.5) is 0 Å². The second-order valence-electron chi connectivity index (χ2n) is 6.26. The molecule has 0 aliphatic carbocycles. The van der Waals surface area contributed by atoms with Crippen LogP contribution in [0.15, 0.2) is 36.7 Å². The topological polar surface area (TPSA) is 31.4 Å². The number of fused-ring (bicyclic) bond motifs is 1. The monoisotopic (exact) mass is 311 g/mol. The van der Waals surface area contributed by atoms with Gasteiger partial charge in [-0.2, -0.15) is 0 Å². The summed E-state index contributed by atoms with van der Waals surface area (Å²) in [5, 5.41) is 0. The molecule has 1 aromatic heterocycles. The molecule has 0 saturated heterocycles. The lowest BCUT2D eigenvalue weighted by atomic mass is 9.88. The molecule has 2 aromatic rings. The molecule has 0 N–H and O–H groups in total. The van der Waals surface area contributed by atoms with Gasteiger partial charge in [0, 0.05) is 24.4 Å². The summed E-state index contributed by atoms with van der Waals surface area (Å²) in [6.07, 6.45) is 8.77. The van der Waals surface area contributed by atoms with Gasteiger partial charge in [-0.15, -0.1) is 0 Å². The number of ether oxygens (including phenoxy) is 2. The van der Waals surface area contributed by atoms with Gasteiger partial charge in [0.25, 0.3) is 0 Å². The molecule has 0 fully saturated rings. The maximum atomic E-state index is 6.37. The van der Waals surface area contributed by atoms with Crippen LogP contribution < -0.4 is 9.47 Å². The number of aromatic nitrogens is 1. The average Bonchev–Trinajstić information content (AvgIpc) is 3.01. The number of aryl methyl sites for hydroxylation is 2. The van der Waals surface area contributed by atoms with E-state index < -0.39 is 0 Å². The zero-order valence-electron chi connectivity index (χ0n) is 14.3. The van der Waals surface area contributed by atoms with Crippen LogP contribution in [0.5, 0.6) is 11.5 Å². The molecule has 0 spiro atoms. The fourth-order valence-corrected chi connectivity index (χ4v) is 3.40. The number of methoxy groups -OCH3 is 1. The Bertz CT molecular complexity index is 663. The van der Waals surface area contributed by atoms with E-state index in [0.29, 0.717) is 0 Å². The number of nitrogens with zero attached hydrogens (tertiary/aromatic N) is 1. The summed E-state index contributed by atoms with van der Waals surface area (Å²) in [7, 11) is 1.72. The molecule has 0 atom stereocenters. The van der Waals surface area contributed by atoms with Gasteiger partial charge in [0.15, 0.2) is 11.5 Å². The third-order valence-electron chi connectivity index (χ3n) is 5.08. The van der Waals surface area contributed by atoms with Crippen molar-refractivity contribution in [2.75, 3.05) is 7.11 Å². The highest BCUT2D eigenvalue weighted by atomic mass is 16.5. The normalized spacial score (nSPS) is 15.1. The van der Waals surface area contributed by atoms with Crippen molar-refractivity contribution >= 4 is 0 Å². The minimum Gasteiger partial charge on any atom is -0.493 e. The largest absolute Gasteiger partial charge is 0.493 e. The van der Waals surface area contributed by atoms with E-state index in [1.54, 1.807) is 7.11 Å². The molecule has 3 nitrogen and oxygen atoms in total. The molecule has 0 unspecified atom stereocenters. The van der Waals surface area contributed by atoms with Crippen LogP contribution in [0.2, 0.25) is 0 Å². The molecule has 0 saturated carbocycles. The minimum absolute atomic E-state index is 0.0671.